The number of aryl methyl sites for hydroxylation is 1. The zero-order valence-electron chi connectivity index (χ0n) is 20.9. The first kappa shape index (κ1) is 22.6. The Morgan fingerprint density at radius 3 is 2.03 bits per heavy atom. The van der Waals surface area contributed by atoms with E-state index in [4.69, 9.17) is 11.6 Å². The van der Waals surface area contributed by atoms with Crippen LogP contribution >= 0.6 is 0 Å². The molecule has 0 spiro atoms. The summed E-state index contributed by atoms with van der Waals surface area (Å²) in [4.78, 5) is 35.3. The van der Waals surface area contributed by atoms with E-state index < -0.39 is 0 Å². The molecule has 39 heavy (non-hydrogen) atoms. The van der Waals surface area contributed by atoms with E-state index in [1.807, 2.05) is 89.0 Å². The van der Waals surface area contributed by atoms with E-state index in [1.54, 1.807) is 30.3 Å². The maximum atomic E-state index is 13.5. The molecule has 0 fully saturated rings. The number of aromatic nitrogens is 3. The number of rotatable bonds is 3. The molecule has 0 atom stereocenters. The maximum absolute atomic E-state index is 13.5. The van der Waals surface area contributed by atoms with Gasteiger partial charge in [-0.15, -0.1) is 0 Å². The first-order valence-corrected chi connectivity index (χ1v) is 12.5. The van der Waals surface area contributed by atoms with E-state index in [0.29, 0.717) is 22.6 Å². The van der Waals surface area contributed by atoms with Gasteiger partial charge in [-0.25, -0.2) is 9.83 Å². The van der Waals surface area contributed by atoms with E-state index in [0.717, 1.165) is 38.9 Å². The van der Waals surface area contributed by atoms with Gasteiger partial charge in [-0.2, -0.15) is 0 Å². The van der Waals surface area contributed by atoms with Crippen LogP contribution in [0.4, 0.5) is 5.69 Å². The van der Waals surface area contributed by atoms with E-state index in [9.17, 15) is 9.59 Å². The van der Waals surface area contributed by atoms with E-state index in [1.165, 1.54) is 0 Å². The summed E-state index contributed by atoms with van der Waals surface area (Å²) in [7, 11) is 1.94. The van der Waals surface area contributed by atoms with Gasteiger partial charge >= 0.3 is 0 Å². The van der Waals surface area contributed by atoms with Gasteiger partial charge in [0, 0.05) is 23.9 Å². The molecule has 0 N–H and O–H groups in total. The van der Waals surface area contributed by atoms with Crippen molar-refractivity contribution in [3.05, 3.63) is 131 Å². The molecular weight excluding hydrogens is 484 g/mol. The summed E-state index contributed by atoms with van der Waals surface area (Å²) in [6.07, 6.45) is 1.62. The van der Waals surface area contributed by atoms with Crippen molar-refractivity contribution in [3.8, 4) is 16.9 Å². The Kier molecular flexibility index (Phi) is 4.94. The zero-order chi connectivity index (χ0) is 26.7. The maximum Gasteiger partial charge on any atom is 0.197 e. The van der Waals surface area contributed by atoms with Crippen LogP contribution in [0.2, 0.25) is 0 Å². The number of imidazole rings is 1. The zero-order valence-corrected chi connectivity index (χ0v) is 20.9. The number of hydrogen-bond acceptors (Lipinski definition) is 3. The summed E-state index contributed by atoms with van der Waals surface area (Å²) in [6, 6.07) is 30.6. The van der Waals surface area contributed by atoms with Crippen LogP contribution in [-0.4, -0.2) is 25.7 Å². The van der Waals surface area contributed by atoms with E-state index in [2.05, 4.69) is 4.85 Å². The first-order valence-electron chi connectivity index (χ1n) is 12.5. The lowest BCUT2D eigenvalue weighted by Crippen LogP contribution is -2.03. The molecule has 184 valence electrons. The molecule has 6 heteroatoms. The summed E-state index contributed by atoms with van der Waals surface area (Å²) < 4.78 is 3.96. The number of allylic oxidation sites excluding steroid dienone is 1. The van der Waals surface area contributed by atoms with Gasteiger partial charge in [-0.3, -0.25) is 14.2 Å². The molecule has 0 radical (unpaired) electrons. The molecule has 4 aromatic carbocycles. The Balaban J connectivity index is 1.41. The molecule has 0 saturated heterocycles. The van der Waals surface area contributed by atoms with Crippen LogP contribution in [0.3, 0.4) is 0 Å². The van der Waals surface area contributed by atoms with Crippen LogP contribution in [0.1, 0.15) is 26.5 Å². The van der Waals surface area contributed by atoms with Crippen molar-refractivity contribution < 1.29 is 9.59 Å². The second-order valence-corrected chi connectivity index (χ2v) is 9.56. The molecule has 7 rings (SSSR count). The van der Waals surface area contributed by atoms with Crippen LogP contribution in [0, 0.1) is 6.57 Å². The van der Waals surface area contributed by atoms with Crippen LogP contribution in [0.25, 0.3) is 49.8 Å². The van der Waals surface area contributed by atoms with E-state index in [-0.39, 0.29) is 17.1 Å². The lowest BCUT2D eigenvalue weighted by atomic mass is 10.0. The fourth-order valence-electron chi connectivity index (χ4n) is 5.35. The third kappa shape index (κ3) is 3.45. The number of para-hydroxylation sites is 1. The summed E-state index contributed by atoms with van der Waals surface area (Å²) >= 11 is 0. The number of fused-ring (bicyclic) bond motifs is 3. The molecule has 0 amide bonds. The fraction of sp³-hybridized carbons (Fsp3) is 0.0303. The van der Waals surface area contributed by atoms with Crippen molar-refractivity contribution in [1.82, 2.24) is 14.1 Å². The van der Waals surface area contributed by atoms with Crippen LogP contribution in [-0.2, 0) is 7.05 Å². The standard InChI is InChI=1S/C33H20N4O2/c1-34-23-14-12-20(13-15-23)28-19-29-33(36(28)2)35-30(37(29)24-10-4-3-5-11-24)18-27-31(38)25-16-21-8-6-7-9-22(21)17-26(25)32(27)39/h3-19H,2H3. The number of ketones is 2. The van der Waals surface area contributed by atoms with E-state index >= 15 is 0 Å². The number of nitrogens with zero attached hydrogens (tertiary/aromatic N) is 4. The normalized spacial score (nSPS) is 12.8. The van der Waals surface area contributed by atoms with Gasteiger partial charge < -0.3 is 4.57 Å². The summed E-state index contributed by atoms with van der Waals surface area (Å²) in [6.45, 7) is 7.22. The Morgan fingerprint density at radius 1 is 0.795 bits per heavy atom. The Bertz CT molecular complexity index is 2000. The lowest BCUT2D eigenvalue weighted by Gasteiger charge is -2.07. The summed E-state index contributed by atoms with van der Waals surface area (Å²) in [5, 5.41) is 1.85. The van der Waals surface area contributed by atoms with Gasteiger partial charge in [-0.1, -0.05) is 66.7 Å². The second kappa shape index (κ2) is 8.51. The minimum Gasteiger partial charge on any atom is -0.327 e. The number of carbonyl (C=O) groups excluding carboxylic acids is 2. The minimum atomic E-state index is -0.284. The smallest absolute Gasteiger partial charge is 0.197 e. The largest absolute Gasteiger partial charge is 0.327 e. The molecule has 0 bridgehead atoms. The molecule has 2 aromatic heterocycles. The highest BCUT2D eigenvalue weighted by atomic mass is 16.2. The van der Waals surface area contributed by atoms with Gasteiger partial charge in [-0.05, 0) is 52.7 Å². The average molecular weight is 505 g/mol. The lowest BCUT2D eigenvalue weighted by molar-refractivity contribution is 0.0990. The highest BCUT2D eigenvalue weighted by molar-refractivity contribution is 6.42. The topological polar surface area (TPSA) is 61.2 Å². The number of benzene rings is 4. The van der Waals surface area contributed by atoms with Gasteiger partial charge in [0.2, 0.25) is 0 Å². The monoisotopic (exact) mass is 504 g/mol. The van der Waals surface area contributed by atoms with Gasteiger partial charge in [0.1, 0.15) is 5.82 Å². The van der Waals surface area contributed by atoms with Crippen LogP contribution < -0.4 is 0 Å². The predicted octanol–water partition coefficient (Wildman–Crippen LogP) is 7.20. The Hall–Kier alpha value is -5.54. The SMILES string of the molecule is [C-]#[N+]c1ccc(-c2cc3c(nc(C=C4C(=O)c5cc6ccccc6cc5C4=O)n3-c3ccccc3)n2C)cc1. The van der Waals surface area contributed by atoms with Crippen molar-refractivity contribution in [1.29, 1.82) is 0 Å². The first-order chi connectivity index (χ1) is 19.0. The molecule has 1 aliphatic carbocycles. The highest BCUT2D eigenvalue weighted by Crippen LogP contribution is 2.34. The number of Topliss-reactive ketones (excluding diaryl/α,β-unsaturated/α-hetero) is 2. The Labute approximate surface area is 223 Å². The summed E-state index contributed by atoms with van der Waals surface area (Å²) in [5.41, 5.74) is 5.90. The molecular formula is C33H20N4O2. The third-order valence-electron chi connectivity index (χ3n) is 7.32. The van der Waals surface area contributed by atoms with Crippen molar-refractivity contribution in [3.63, 3.8) is 0 Å². The molecule has 6 nitrogen and oxygen atoms in total. The molecule has 0 unspecified atom stereocenters. The highest BCUT2D eigenvalue weighted by Gasteiger charge is 2.34. The van der Waals surface area contributed by atoms with Crippen LogP contribution in [0.5, 0.6) is 0 Å². The average Bonchev–Trinajstić information content (AvgIpc) is 3.57. The predicted molar refractivity (Wildman–Crippen MR) is 152 cm³/mol. The quantitative estimate of drug-likeness (QED) is 0.145. The summed E-state index contributed by atoms with van der Waals surface area (Å²) in [5.74, 6) is -0.0632. The molecule has 2 heterocycles. The van der Waals surface area contributed by atoms with Crippen molar-refractivity contribution in [2.45, 2.75) is 0 Å². The van der Waals surface area contributed by atoms with Crippen molar-refractivity contribution in [2.24, 2.45) is 7.05 Å². The number of hydrogen-bond donors (Lipinski definition) is 0. The van der Waals surface area contributed by atoms with Gasteiger partial charge in [0.15, 0.2) is 22.9 Å². The van der Waals surface area contributed by atoms with Crippen molar-refractivity contribution in [2.75, 3.05) is 0 Å². The van der Waals surface area contributed by atoms with Crippen LogP contribution in [0.15, 0.2) is 103 Å². The van der Waals surface area contributed by atoms with Crippen molar-refractivity contribution >= 4 is 45.3 Å². The fourth-order valence-corrected chi connectivity index (χ4v) is 5.35. The Morgan fingerprint density at radius 2 is 1.41 bits per heavy atom. The second-order valence-electron chi connectivity index (χ2n) is 9.56. The van der Waals surface area contributed by atoms with Gasteiger partial charge in [0.05, 0.1) is 23.4 Å². The molecule has 0 saturated carbocycles. The number of carbonyl (C=O) groups is 2. The molecule has 6 aromatic rings. The van der Waals surface area contributed by atoms with Gasteiger partial charge in [0.25, 0.3) is 0 Å². The molecule has 0 aliphatic heterocycles. The molecule has 1 aliphatic rings. The minimum absolute atomic E-state index is 0.114. The third-order valence-corrected chi connectivity index (χ3v) is 7.32.